The van der Waals surface area contributed by atoms with Gasteiger partial charge in [0.15, 0.2) is 0 Å². The van der Waals surface area contributed by atoms with Crippen molar-refractivity contribution in [2.45, 2.75) is 38.1 Å². The first kappa shape index (κ1) is 18.7. The Morgan fingerprint density at radius 3 is 2.58 bits per heavy atom. The molecule has 2 aliphatic rings. The molecule has 3 rings (SSSR count). The van der Waals surface area contributed by atoms with E-state index in [9.17, 15) is 4.79 Å². The monoisotopic (exact) mass is 355 g/mol. The van der Waals surface area contributed by atoms with Crippen LogP contribution in [-0.4, -0.2) is 61.1 Å². The quantitative estimate of drug-likeness (QED) is 0.871. The Morgan fingerprint density at radius 1 is 1.23 bits per heavy atom. The third-order valence-electron chi connectivity index (χ3n) is 5.90. The van der Waals surface area contributed by atoms with E-state index in [1.807, 2.05) is 19.1 Å². The van der Waals surface area contributed by atoms with E-state index in [0.717, 1.165) is 44.6 Å². The topological polar surface area (TPSA) is 71.4 Å². The summed E-state index contributed by atoms with van der Waals surface area (Å²) in [7, 11) is 2.17. The molecular weight excluding hydrogens is 326 g/mol. The lowest BCUT2D eigenvalue weighted by Crippen LogP contribution is -2.59. The number of hydrogen-bond acceptors (Lipinski definition) is 4. The molecule has 6 nitrogen and oxygen atoms in total. The molecule has 2 N–H and O–H groups in total. The molecule has 1 aliphatic carbocycles. The molecule has 1 heterocycles. The van der Waals surface area contributed by atoms with Crippen LogP contribution in [0.3, 0.4) is 0 Å². The number of likely N-dealkylation sites (N-methyl/N-ethyl adjacent to an activating group) is 1. The van der Waals surface area contributed by atoms with Crippen molar-refractivity contribution in [3.8, 4) is 6.07 Å². The summed E-state index contributed by atoms with van der Waals surface area (Å²) in [6.45, 7) is 6.90. The summed E-state index contributed by atoms with van der Waals surface area (Å²) in [5.41, 5.74) is 2.26. The van der Waals surface area contributed by atoms with Crippen LogP contribution in [0.15, 0.2) is 18.2 Å². The minimum atomic E-state index is -0.196. The Hall–Kier alpha value is -2.10. The minimum absolute atomic E-state index is 0.101. The normalized spacial score (nSPS) is 20.5. The van der Waals surface area contributed by atoms with E-state index in [0.29, 0.717) is 17.8 Å². The van der Waals surface area contributed by atoms with E-state index in [4.69, 9.17) is 5.26 Å². The van der Waals surface area contributed by atoms with Crippen molar-refractivity contribution in [3.63, 3.8) is 0 Å². The van der Waals surface area contributed by atoms with Crippen LogP contribution >= 0.6 is 0 Å². The molecule has 1 aromatic carbocycles. The van der Waals surface area contributed by atoms with Gasteiger partial charge in [0.25, 0.3) is 0 Å². The van der Waals surface area contributed by atoms with Crippen LogP contribution < -0.4 is 10.6 Å². The number of piperazine rings is 1. The second-order valence-corrected chi connectivity index (χ2v) is 7.67. The van der Waals surface area contributed by atoms with Gasteiger partial charge < -0.3 is 15.5 Å². The molecule has 1 aliphatic heterocycles. The number of aryl methyl sites for hydroxylation is 1. The van der Waals surface area contributed by atoms with Gasteiger partial charge in [0, 0.05) is 44.0 Å². The Kier molecular flexibility index (Phi) is 5.80. The molecule has 140 valence electrons. The molecule has 0 bridgehead atoms. The molecule has 1 saturated heterocycles. The van der Waals surface area contributed by atoms with Gasteiger partial charge in [-0.3, -0.25) is 4.90 Å². The number of hydrogen-bond donors (Lipinski definition) is 2. The largest absolute Gasteiger partial charge is 0.336 e. The number of urea groups is 1. The third-order valence-corrected chi connectivity index (χ3v) is 5.90. The Bertz CT molecular complexity index is 682. The fourth-order valence-corrected chi connectivity index (χ4v) is 4.16. The molecule has 2 fully saturated rings. The number of nitrogens with one attached hydrogen (secondary N) is 2. The van der Waals surface area contributed by atoms with Crippen LogP contribution in [0.1, 0.15) is 36.8 Å². The van der Waals surface area contributed by atoms with Crippen molar-refractivity contribution in [1.29, 1.82) is 5.26 Å². The van der Waals surface area contributed by atoms with E-state index in [2.05, 4.69) is 33.6 Å². The second kappa shape index (κ2) is 8.07. The molecule has 0 unspecified atom stereocenters. The van der Waals surface area contributed by atoms with Crippen molar-refractivity contribution in [2.24, 2.45) is 0 Å². The number of anilines is 1. The predicted molar refractivity (Wildman–Crippen MR) is 103 cm³/mol. The zero-order chi connectivity index (χ0) is 18.6. The fourth-order valence-electron chi connectivity index (χ4n) is 4.16. The van der Waals surface area contributed by atoms with Crippen molar-refractivity contribution in [1.82, 2.24) is 15.1 Å². The molecule has 1 saturated carbocycles. The first-order valence-electron chi connectivity index (χ1n) is 9.52. The SMILES string of the molecule is Cc1ccc(NC(=O)NCC2(N3CCN(C)CC3)CCCC2)cc1C#N. The van der Waals surface area contributed by atoms with Crippen LogP contribution in [0.2, 0.25) is 0 Å². The highest BCUT2D eigenvalue weighted by molar-refractivity contribution is 5.89. The highest BCUT2D eigenvalue weighted by Gasteiger charge is 2.40. The molecule has 0 spiro atoms. The minimum Gasteiger partial charge on any atom is -0.336 e. The van der Waals surface area contributed by atoms with Crippen LogP contribution in [0.5, 0.6) is 0 Å². The Morgan fingerprint density at radius 2 is 1.92 bits per heavy atom. The van der Waals surface area contributed by atoms with Crippen LogP contribution in [0, 0.1) is 18.3 Å². The van der Waals surface area contributed by atoms with Gasteiger partial charge >= 0.3 is 6.03 Å². The maximum atomic E-state index is 12.4. The summed E-state index contributed by atoms with van der Waals surface area (Å²) in [6.07, 6.45) is 4.78. The number of nitriles is 1. The van der Waals surface area contributed by atoms with E-state index in [-0.39, 0.29) is 11.6 Å². The molecule has 0 radical (unpaired) electrons. The number of benzene rings is 1. The second-order valence-electron chi connectivity index (χ2n) is 7.67. The fraction of sp³-hybridized carbons (Fsp3) is 0.600. The number of amides is 2. The predicted octanol–water partition coefficient (Wildman–Crippen LogP) is 2.55. The lowest BCUT2D eigenvalue weighted by atomic mass is 9.94. The average Bonchev–Trinajstić information content (AvgIpc) is 3.12. The van der Waals surface area contributed by atoms with Crippen LogP contribution in [0.25, 0.3) is 0 Å². The zero-order valence-corrected chi connectivity index (χ0v) is 15.8. The highest BCUT2D eigenvalue weighted by atomic mass is 16.2. The molecule has 0 aromatic heterocycles. The van der Waals surface area contributed by atoms with Gasteiger partial charge in [-0.15, -0.1) is 0 Å². The number of carbonyl (C=O) groups is 1. The standard InChI is InChI=1S/C20H29N5O/c1-16-5-6-18(13-17(16)14-21)23-19(26)22-15-20(7-3-4-8-20)25-11-9-24(2)10-12-25/h5-6,13H,3-4,7-12,15H2,1-2H3,(H2,22,23,26). The average molecular weight is 355 g/mol. The van der Waals surface area contributed by atoms with E-state index in [1.54, 1.807) is 6.07 Å². The number of rotatable bonds is 4. The maximum Gasteiger partial charge on any atom is 0.319 e. The smallest absolute Gasteiger partial charge is 0.319 e. The van der Waals surface area contributed by atoms with Crippen molar-refractivity contribution in [3.05, 3.63) is 29.3 Å². The first-order valence-corrected chi connectivity index (χ1v) is 9.52. The molecule has 1 aromatic rings. The summed E-state index contributed by atoms with van der Waals surface area (Å²) < 4.78 is 0. The molecule has 0 atom stereocenters. The summed E-state index contributed by atoms with van der Waals surface area (Å²) in [6, 6.07) is 7.38. The first-order chi connectivity index (χ1) is 12.5. The molecule has 6 heteroatoms. The lowest BCUT2D eigenvalue weighted by Gasteiger charge is -2.45. The van der Waals surface area contributed by atoms with Gasteiger partial charge in [0.1, 0.15) is 0 Å². The van der Waals surface area contributed by atoms with Crippen molar-refractivity contribution < 1.29 is 4.79 Å². The molecule has 26 heavy (non-hydrogen) atoms. The van der Waals surface area contributed by atoms with Crippen molar-refractivity contribution >= 4 is 11.7 Å². The third kappa shape index (κ3) is 4.17. The van der Waals surface area contributed by atoms with Crippen LogP contribution in [-0.2, 0) is 0 Å². The summed E-state index contributed by atoms with van der Waals surface area (Å²) in [5.74, 6) is 0. The summed E-state index contributed by atoms with van der Waals surface area (Å²) in [4.78, 5) is 17.3. The molecular formula is C20H29N5O. The van der Waals surface area contributed by atoms with Gasteiger partial charge in [0.05, 0.1) is 11.6 Å². The van der Waals surface area contributed by atoms with Gasteiger partial charge in [-0.05, 0) is 44.5 Å². The van der Waals surface area contributed by atoms with Crippen molar-refractivity contribution in [2.75, 3.05) is 45.1 Å². The van der Waals surface area contributed by atoms with Gasteiger partial charge in [0.2, 0.25) is 0 Å². The Balaban J connectivity index is 1.59. The maximum absolute atomic E-state index is 12.4. The highest BCUT2D eigenvalue weighted by Crippen LogP contribution is 2.35. The van der Waals surface area contributed by atoms with E-state index >= 15 is 0 Å². The van der Waals surface area contributed by atoms with Gasteiger partial charge in [-0.25, -0.2) is 4.79 Å². The van der Waals surface area contributed by atoms with Crippen LogP contribution in [0.4, 0.5) is 10.5 Å². The van der Waals surface area contributed by atoms with E-state index < -0.39 is 0 Å². The zero-order valence-electron chi connectivity index (χ0n) is 15.8. The summed E-state index contributed by atoms with van der Waals surface area (Å²) >= 11 is 0. The van der Waals surface area contributed by atoms with Gasteiger partial charge in [-0.2, -0.15) is 5.26 Å². The number of carbonyl (C=O) groups excluding carboxylic acids is 1. The lowest BCUT2D eigenvalue weighted by molar-refractivity contribution is 0.0446. The number of nitrogens with zero attached hydrogens (tertiary/aromatic N) is 3. The van der Waals surface area contributed by atoms with Gasteiger partial charge in [-0.1, -0.05) is 18.9 Å². The summed E-state index contributed by atoms with van der Waals surface area (Å²) in [5, 5.41) is 15.1. The Labute approximate surface area is 156 Å². The molecule has 2 amide bonds. The van der Waals surface area contributed by atoms with E-state index in [1.165, 1.54) is 12.8 Å².